The zero-order chi connectivity index (χ0) is 17.3. The summed E-state index contributed by atoms with van der Waals surface area (Å²) in [5.41, 5.74) is 0.489. The van der Waals surface area contributed by atoms with Crippen LogP contribution in [0.1, 0.15) is 72.1 Å². The van der Waals surface area contributed by atoms with Crippen LogP contribution >= 0.6 is 0 Å². The number of aliphatic hydroxyl groups is 2. The average Bonchev–Trinajstić information content (AvgIpc) is 2.81. The Bertz CT molecular complexity index is 594. The zero-order valence-corrected chi connectivity index (χ0v) is 15.3. The second-order valence-corrected chi connectivity index (χ2v) is 9.56. The topological polar surface area (TPSA) is 57.5 Å². The number of carbonyl (C=O) groups is 1. The van der Waals surface area contributed by atoms with E-state index in [1.807, 2.05) is 6.08 Å². The van der Waals surface area contributed by atoms with Gasteiger partial charge in [-0.25, -0.2) is 0 Å². The summed E-state index contributed by atoms with van der Waals surface area (Å²) in [6, 6.07) is 0. The average molecular weight is 332 g/mol. The fraction of sp³-hybridized carbons (Fsp3) is 0.857. The standard InChI is InChI=1S/C21H32O3/c1-13(22)21(24)11-8-18-16-5-4-14-12-15(23)6-9-19(14,2)17(16)7-10-20(18,21)3/h12-13,16-18,22,24H,4-11H2,1-3H3/t13-,16-,17+,18+,19+,20+,21-/m1/s1. The van der Waals surface area contributed by atoms with Crippen molar-refractivity contribution in [2.45, 2.75) is 83.8 Å². The summed E-state index contributed by atoms with van der Waals surface area (Å²) in [5.74, 6) is 2.09. The van der Waals surface area contributed by atoms with E-state index in [4.69, 9.17) is 0 Å². The van der Waals surface area contributed by atoms with Crippen LogP contribution in [-0.4, -0.2) is 27.7 Å². The van der Waals surface area contributed by atoms with Crippen LogP contribution in [-0.2, 0) is 4.79 Å². The van der Waals surface area contributed by atoms with Crippen molar-refractivity contribution in [2.75, 3.05) is 0 Å². The highest BCUT2D eigenvalue weighted by molar-refractivity contribution is 5.91. The Morgan fingerprint density at radius 3 is 2.50 bits per heavy atom. The number of ketones is 1. The summed E-state index contributed by atoms with van der Waals surface area (Å²) in [7, 11) is 0. The molecule has 4 rings (SSSR count). The summed E-state index contributed by atoms with van der Waals surface area (Å²) in [6.45, 7) is 6.38. The molecular formula is C21H32O3. The smallest absolute Gasteiger partial charge is 0.155 e. The van der Waals surface area contributed by atoms with Crippen molar-refractivity contribution in [3.05, 3.63) is 11.6 Å². The van der Waals surface area contributed by atoms with Gasteiger partial charge >= 0.3 is 0 Å². The minimum atomic E-state index is -0.928. The Balaban J connectivity index is 1.69. The molecule has 134 valence electrons. The summed E-state index contributed by atoms with van der Waals surface area (Å²) in [6.07, 6.45) is 9.07. The molecule has 3 fully saturated rings. The van der Waals surface area contributed by atoms with Crippen LogP contribution in [0.25, 0.3) is 0 Å². The summed E-state index contributed by atoms with van der Waals surface area (Å²) >= 11 is 0. The first-order chi connectivity index (χ1) is 11.2. The second kappa shape index (κ2) is 5.17. The maximum absolute atomic E-state index is 11.9. The Hall–Kier alpha value is -0.670. The van der Waals surface area contributed by atoms with E-state index in [0.717, 1.165) is 44.9 Å². The molecule has 0 spiro atoms. The minimum Gasteiger partial charge on any atom is -0.390 e. The molecule has 0 aromatic heterocycles. The van der Waals surface area contributed by atoms with Gasteiger partial charge in [0.25, 0.3) is 0 Å². The summed E-state index contributed by atoms with van der Waals surface area (Å²) in [5, 5.41) is 21.5. The van der Waals surface area contributed by atoms with Crippen molar-refractivity contribution in [1.82, 2.24) is 0 Å². The van der Waals surface area contributed by atoms with Gasteiger partial charge in [-0.15, -0.1) is 0 Å². The molecule has 0 aromatic rings. The van der Waals surface area contributed by atoms with Gasteiger partial charge in [-0.2, -0.15) is 0 Å². The molecule has 0 unspecified atom stereocenters. The lowest BCUT2D eigenvalue weighted by Gasteiger charge is -2.59. The van der Waals surface area contributed by atoms with E-state index in [1.165, 1.54) is 5.57 Å². The highest BCUT2D eigenvalue weighted by atomic mass is 16.3. The summed E-state index contributed by atoms with van der Waals surface area (Å²) in [4.78, 5) is 11.9. The molecule has 0 heterocycles. The molecule has 3 saturated carbocycles. The van der Waals surface area contributed by atoms with E-state index in [1.54, 1.807) is 6.92 Å². The molecular weight excluding hydrogens is 300 g/mol. The van der Waals surface area contributed by atoms with Crippen LogP contribution in [0, 0.1) is 28.6 Å². The van der Waals surface area contributed by atoms with Crippen LogP contribution in [0.2, 0.25) is 0 Å². The van der Waals surface area contributed by atoms with E-state index in [-0.39, 0.29) is 10.8 Å². The first-order valence-electron chi connectivity index (χ1n) is 9.87. The second-order valence-electron chi connectivity index (χ2n) is 9.56. The fourth-order valence-corrected chi connectivity index (χ4v) is 7.30. The lowest BCUT2D eigenvalue weighted by molar-refractivity contribution is -0.171. The molecule has 0 aliphatic heterocycles. The van der Waals surface area contributed by atoms with Gasteiger partial charge in [0.1, 0.15) is 0 Å². The minimum absolute atomic E-state index is 0.162. The molecule has 0 saturated heterocycles. The molecule has 0 amide bonds. The van der Waals surface area contributed by atoms with Crippen LogP contribution in [0.4, 0.5) is 0 Å². The molecule has 2 N–H and O–H groups in total. The third-order valence-electron chi connectivity index (χ3n) is 8.87. The largest absolute Gasteiger partial charge is 0.390 e. The predicted octanol–water partition coefficient (Wildman–Crippen LogP) is 3.63. The fourth-order valence-electron chi connectivity index (χ4n) is 7.30. The molecule has 3 heteroatoms. The highest BCUT2D eigenvalue weighted by Gasteiger charge is 2.65. The number of aliphatic hydroxyl groups excluding tert-OH is 1. The van der Waals surface area contributed by atoms with Crippen LogP contribution in [0.15, 0.2) is 11.6 Å². The number of allylic oxidation sites excluding steroid dienone is 1. The number of rotatable bonds is 1. The predicted molar refractivity (Wildman–Crippen MR) is 93.3 cm³/mol. The van der Waals surface area contributed by atoms with E-state index < -0.39 is 11.7 Å². The lowest BCUT2D eigenvalue weighted by Crippen LogP contribution is -2.58. The van der Waals surface area contributed by atoms with E-state index >= 15 is 0 Å². The number of hydrogen-bond donors (Lipinski definition) is 2. The van der Waals surface area contributed by atoms with Crippen molar-refractivity contribution in [2.24, 2.45) is 28.6 Å². The van der Waals surface area contributed by atoms with Crippen LogP contribution in [0.5, 0.6) is 0 Å². The van der Waals surface area contributed by atoms with Crippen molar-refractivity contribution < 1.29 is 15.0 Å². The SMILES string of the molecule is C[C@@H](O)[C@]1(O)CC[C@H]2[C@@H]3CCC4=CC(=O)CC[C@]4(C)[C@H]3CC[C@@]21C. The first kappa shape index (κ1) is 16.8. The van der Waals surface area contributed by atoms with Gasteiger partial charge in [-0.05, 0) is 81.1 Å². The molecule has 4 aliphatic rings. The highest BCUT2D eigenvalue weighted by Crippen LogP contribution is 2.67. The van der Waals surface area contributed by atoms with E-state index in [9.17, 15) is 15.0 Å². The molecule has 3 nitrogen and oxygen atoms in total. The third kappa shape index (κ3) is 1.94. The van der Waals surface area contributed by atoms with Crippen molar-refractivity contribution in [3.63, 3.8) is 0 Å². The molecule has 24 heavy (non-hydrogen) atoms. The number of fused-ring (bicyclic) bond motifs is 5. The maximum Gasteiger partial charge on any atom is 0.155 e. The lowest BCUT2D eigenvalue weighted by atomic mass is 9.46. The van der Waals surface area contributed by atoms with Gasteiger partial charge in [0.15, 0.2) is 5.78 Å². The molecule has 0 bridgehead atoms. The Kier molecular flexibility index (Phi) is 3.61. The van der Waals surface area contributed by atoms with Gasteiger partial charge in [0, 0.05) is 11.8 Å². The van der Waals surface area contributed by atoms with Crippen LogP contribution in [0.3, 0.4) is 0 Å². The van der Waals surface area contributed by atoms with Crippen molar-refractivity contribution in [3.8, 4) is 0 Å². The van der Waals surface area contributed by atoms with E-state index in [2.05, 4.69) is 13.8 Å². The molecule has 0 aromatic carbocycles. The molecule has 4 aliphatic carbocycles. The Labute approximate surface area is 145 Å². The molecule has 0 radical (unpaired) electrons. The van der Waals surface area contributed by atoms with Crippen molar-refractivity contribution >= 4 is 5.78 Å². The third-order valence-corrected chi connectivity index (χ3v) is 8.87. The quantitative estimate of drug-likeness (QED) is 0.771. The van der Waals surface area contributed by atoms with Gasteiger partial charge < -0.3 is 10.2 Å². The Morgan fingerprint density at radius 2 is 1.79 bits per heavy atom. The number of hydrogen-bond acceptors (Lipinski definition) is 3. The van der Waals surface area contributed by atoms with Crippen LogP contribution < -0.4 is 0 Å². The van der Waals surface area contributed by atoms with Gasteiger partial charge in [0.2, 0.25) is 0 Å². The van der Waals surface area contributed by atoms with Gasteiger partial charge in [-0.1, -0.05) is 19.4 Å². The van der Waals surface area contributed by atoms with Gasteiger partial charge in [-0.3, -0.25) is 4.79 Å². The zero-order valence-electron chi connectivity index (χ0n) is 15.3. The first-order valence-corrected chi connectivity index (χ1v) is 9.87. The normalized spacial score (nSPS) is 52.1. The maximum atomic E-state index is 11.9. The molecule has 7 atom stereocenters. The van der Waals surface area contributed by atoms with E-state index in [0.29, 0.717) is 30.0 Å². The monoisotopic (exact) mass is 332 g/mol. The Morgan fingerprint density at radius 1 is 1.08 bits per heavy atom. The summed E-state index contributed by atoms with van der Waals surface area (Å²) < 4.78 is 0. The van der Waals surface area contributed by atoms with Gasteiger partial charge in [0.05, 0.1) is 11.7 Å². The van der Waals surface area contributed by atoms with Crippen molar-refractivity contribution in [1.29, 1.82) is 0 Å². The number of carbonyl (C=O) groups excluding carboxylic acids is 1.